The van der Waals surface area contributed by atoms with Gasteiger partial charge in [-0.2, -0.15) is 4.31 Å². The lowest BCUT2D eigenvalue weighted by Crippen LogP contribution is -2.37. The molecule has 0 atom stereocenters. The normalized spacial score (nSPS) is 15.1. The molecule has 2 aromatic carbocycles. The molecule has 0 aliphatic carbocycles. The van der Waals surface area contributed by atoms with Crippen molar-refractivity contribution in [3.63, 3.8) is 0 Å². The summed E-state index contributed by atoms with van der Waals surface area (Å²) in [6.45, 7) is 5.67. The van der Waals surface area contributed by atoms with Gasteiger partial charge >= 0.3 is 0 Å². The van der Waals surface area contributed by atoms with Crippen molar-refractivity contribution in [1.82, 2.24) is 14.6 Å². The SMILES string of the molecule is CCOc1ccccc1CCNC(=O)c1csc(C2CCN(S(=O)(=O)c3ccc(C)c(Cl)c3)CC2)n1. The van der Waals surface area contributed by atoms with Crippen LogP contribution in [0.15, 0.2) is 52.7 Å². The van der Waals surface area contributed by atoms with Crippen molar-refractivity contribution in [3.05, 3.63) is 74.7 Å². The zero-order valence-corrected chi connectivity index (χ0v) is 22.8. The van der Waals surface area contributed by atoms with Gasteiger partial charge in [0.1, 0.15) is 11.4 Å². The molecule has 10 heteroatoms. The Labute approximate surface area is 221 Å². The summed E-state index contributed by atoms with van der Waals surface area (Å²) in [5.41, 5.74) is 2.29. The molecular formula is C26H30ClN3O4S2. The second-order valence-electron chi connectivity index (χ2n) is 8.71. The van der Waals surface area contributed by atoms with Crippen molar-refractivity contribution in [3.8, 4) is 5.75 Å². The van der Waals surface area contributed by atoms with E-state index >= 15 is 0 Å². The van der Waals surface area contributed by atoms with E-state index < -0.39 is 10.0 Å². The fraction of sp³-hybridized carbons (Fsp3) is 0.385. The first-order valence-corrected chi connectivity index (χ1v) is 14.7. The molecule has 0 radical (unpaired) electrons. The molecule has 4 rings (SSSR count). The zero-order chi connectivity index (χ0) is 25.7. The third-order valence-electron chi connectivity index (χ3n) is 6.29. The lowest BCUT2D eigenvalue weighted by atomic mass is 9.99. The van der Waals surface area contributed by atoms with Gasteiger partial charge in [-0.15, -0.1) is 11.3 Å². The van der Waals surface area contributed by atoms with Gasteiger partial charge in [0.15, 0.2) is 0 Å². The first kappa shape index (κ1) is 26.6. The maximum absolute atomic E-state index is 13.0. The molecule has 0 spiro atoms. The fourth-order valence-corrected chi connectivity index (χ4v) is 6.93. The number of piperidine rings is 1. The van der Waals surface area contributed by atoms with Crippen LogP contribution in [0, 0.1) is 6.92 Å². The number of carbonyl (C=O) groups excluding carboxylic acids is 1. The standard InChI is InChI=1S/C26H30ClN3O4S2/c1-3-34-24-7-5-4-6-19(24)10-13-28-25(31)23-17-35-26(29-23)20-11-14-30(15-12-20)36(32,33)21-9-8-18(2)22(27)16-21/h4-9,16-17,20H,3,10-15H2,1-2H3,(H,28,31). The number of benzene rings is 2. The van der Waals surface area contributed by atoms with Crippen molar-refractivity contribution in [2.45, 2.75) is 43.9 Å². The Kier molecular flexibility index (Phi) is 8.66. The number of thiazole rings is 1. The highest BCUT2D eigenvalue weighted by Crippen LogP contribution is 2.33. The first-order chi connectivity index (χ1) is 17.3. The van der Waals surface area contributed by atoms with Crippen molar-refractivity contribution >= 4 is 38.9 Å². The van der Waals surface area contributed by atoms with Crippen molar-refractivity contribution in [2.75, 3.05) is 26.2 Å². The number of para-hydroxylation sites is 1. The summed E-state index contributed by atoms with van der Waals surface area (Å²) in [4.78, 5) is 17.4. The molecule has 2 heterocycles. The van der Waals surface area contributed by atoms with E-state index in [1.54, 1.807) is 17.5 Å². The predicted octanol–water partition coefficient (Wildman–Crippen LogP) is 5.04. The van der Waals surface area contributed by atoms with Gasteiger partial charge in [-0.25, -0.2) is 13.4 Å². The van der Waals surface area contributed by atoms with E-state index in [-0.39, 0.29) is 16.7 Å². The number of aromatic nitrogens is 1. The highest BCUT2D eigenvalue weighted by molar-refractivity contribution is 7.89. The molecule has 36 heavy (non-hydrogen) atoms. The molecule has 1 fully saturated rings. The number of hydrogen-bond donors (Lipinski definition) is 1. The number of nitrogens with one attached hydrogen (secondary N) is 1. The highest BCUT2D eigenvalue weighted by atomic mass is 35.5. The van der Waals surface area contributed by atoms with Crippen molar-refractivity contribution < 1.29 is 17.9 Å². The molecule has 1 N–H and O–H groups in total. The summed E-state index contributed by atoms with van der Waals surface area (Å²) in [6, 6.07) is 12.7. The molecule has 1 aromatic heterocycles. The van der Waals surface area contributed by atoms with Crippen molar-refractivity contribution in [1.29, 1.82) is 0 Å². The number of ether oxygens (including phenoxy) is 1. The van der Waals surface area contributed by atoms with Crippen LogP contribution in [-0.2, 0) is 16.4 Å². The molecule has 0 unspecified atom stereocenters. The average Bonchev–Trinajstić information content (AvgIpc) is 3.37. The first-order valence-electron chi connectivity index (χ1n) is 12.0. The van der Waals surface area contributed by atoms with Gasteiger partial charge in [0.2, 0.25) is 10.0 Å². The predicted molar refractivity (Wildman–Crippen MR) is 143 cm³/mol. The zero-order valence-electron chi connectivity index (χ0n) is 20.4. The molecule has 192 valence electrons. The summed E-state index contributed by atoms with van der Waals surface area (Å²) in [5, 5.41) is 6.03. The van der Waals surface area contributed by atoms with Crippen LogP contribution in [-0.4, -0.2) is 49.9 Å². The second-order valence-corrected chi connectivity index (χ2v) is 11.9. The van der Waals surface area contributed by atoms with Gasteiger partial charge < -0.3 is 10.1 Å². The van der Waals surface area contributed by atoms with Gasteiger partial charge in [0.25, 0.3) is 5.91 Å². The topological polar surface area (TPSA) is 88.6 Å². The molecule has 3 aromatic rings. The summed E-state index contributed by atoms with van der Waals surface area (Å²) >= 11 is 7.60. The molecule has 1 saturated heterocycles. The second kappa shape index (κ2) is 11.7. The van der Waals surface area contributed by atoms with Gasteiger partial charge in [0, 0.05) is 36.0 Å². The Balaban J connectivity index is 1.31. The van der Waals surface area contributed by atoms with Crippen LogP contribution in [0.25, 0.3) is 0 Å². The molecule has 1 aliphatic heterocycles. The smallest absolute Gasteiger partial charge is 0.270 e. The highest BCUT2D eigenvalue weighted by Gasteiger charge is 2.31. The van der Waals surface area contributed by atoms with Crippen molar-refractivity contribution in [2.24, 2.45) is 0 Å². The van der Waals surface area contributed by atoms with E-state index in [0.29, 0.717) is 56.2 Å². The fourth-order valence-electron chi connectivity index (χ4n) is 4.21. The monoisotopic (exact) mass is 547 g/mol. The molecule has 1 amide bonds. The number of hydrogen-bond acceptors (Lipinski definition) is 6. The van der Waals surface area contributed by atoms with Gasteiger partial charge in [-0.1, -0.05) is 35.9 Å². The molecule has 0 saturated carbocycles. The van der Waals surface area contributed by atoms with Crippen LogP contribution in [0.4, 0.5) is 0 Å². The van der Waals surface area contributed by atoms with E-state index in [2.05, 4.69) is 10.3 Å². The quantitative estimate of drug-likeness (QED) is 0.405. The number of carbonyl (C=O) groups is 1. The Hall–Kier alpha value is -2.46. The Morgan fingerprint density at radius 2 is 1.97 bits per heavy atom. The van der Waals surface area contributed by atoms with Crippen LogP contribution in [0.2, 0.25) is 5.02 Å². The maximum atomic E-state index is 13.0. The summed E-state index contributed by atoms with van der Waals surface area (Å²) in [5.74, 6) is 0.759. The van der Waals surface area contributed by atoms with Crippen LogP contribution >= 0.6 is 22.9 Å². The minimum absolute atomic E-state index is 0.127. The van der Waals surface area contributed by atoms with Crippen LogP contribution in [0.3, 0.4) is 0 Å². The van der Waals surface area contributed by atoms with E-state index in [1.165, 1.54) is 21.7 Å². The number of sulfonamides is 1. The molecule has 1 aliphatic rings. The number of nitrogens with zero attached hydrogens (tertiary/aromatic N) is 2. The minimum atomic E-state index is -3.60. The number of aryl methyl sites for hydroxylation is 1. The Morgan fingerprint density at radius 1 is 1.22 bits per heavy atom. The van der Waals surface area contributed by atoms with Gasteiger partial charge in [0.05, 0.1) is 16.5 Å². The van der Waals surface area contributed by atoms with Crippen LogP contribution in [0.1, 0.15) is 52.3 Å². The lowest BCUT2D eigenvalue weighted by Gasteiger charge is -2.30. The number of halogens is 1. The maximum Gasteiger partial charge on any atom is 0.270 e. The third kappa shape index (κ3) is 6.08. The Morgan fingerprint density at radius 3 is 2.69 bits per heavy atom. The lowest BCUT2D eigenvalue weighted by molar-refractivity contribution is 0.0949. The van der Waals surface area contributed by atoms with Crippen LogP contribution in [0.5, 0.6) is 5.75 Å². The van der Waals surface area contributed by atoms with E-state index in [0.717, 1.165) is 21.9 Å². The summed E-state index contributed by atoms with van der Waals surface area (Å²) in [6.07, 6.45) is 1.97. The van der Waals surface area contributed by atoms with E-state index in [4.69, 9.17) is 16.3 Å². The summed E-state index contributed by atoms with van der Waals surface area (Å²) in [7, 11) is -3.60. The van der Waals surface area contributed by atoms with Crippen LogP contribution < -0.4 is 10.1 Å². The largest absolute Gasteiger partial charge is 0.494 e. The van der Waals surface area contributed by atoms with E-state index in [1.807, 2.05) is 38.1 Å². The number of amides is 1. The molecule has 7 nitrogen and oxygen atoms in total. The molecule has 0 bridgehead atoms. The Bertz CT molecular complexity index is 1320. The average molecular weight is 548 g/mol. The number of rotatable bonds is 9. The van der Waals surface area contributed by atoms with E-state index in [9.17, 15) is 13.2 Å². The molecular weight excluding hydrogens is 518 g/mol. The minimum Gasteiger partial charge on any atom is -0.494 e. The third-order valence-corrected chi connectivity index (χ3v) is 9.60. The van der Waals surface area contributed by atoms with Gasteiger partial charge in [-0.3, -0.25) is 4.79 Å². The summed E-state index contributed by atoms with van der Waals surface area (Å²) < 4.78 is 33.2. The van der Waals surface area contributed by atoms with Gasteiger partial charge in [-0.05, 0) is 62.4 Å².